The summed E-state index contributed by atoms with van der Waals surface area (Å²) in [6.45, 7) is 4.79. The van der Waals surface area contributed by atoms with Crippen molar-refractivity contribution in [3.8, 4) is 0 Å². The van der Waals surface area contributed by atoms with E-state index in [0.29, 0.717) is 5.56 Å². The van der Waals surface area contributed by atoms with E-state index in [2.05, 4.69) is 0 Å². The van der Waals surface area contributed by atoms with Crippen LogP contribution in [0.2, 0.25) is 0 Å². The third-order valence-electron chi connectivity index (χ3n) is 3.72. The standard InChI is InChI=1S/C20H22F2N2O4/c1-20(2,3)28-19(27)24(11-12-8-14(21)18(23)15(22)9-12)16-7-5-4-6-13(16)10-17(25)26/h4-9H,10-11,23H2,1-3H3,(H,25,26). The van der Waals surface area contributed by atoms with Crippen LogP contribution in [0.1, 0.15) is 31.9 Å². The maximum absolute atomic E-state index is 13.8. The molecule has 0 unspecified atom stereocenters. The second kappa shape index (κ2) is 8.24. The molecule has 2 rings (SSSR count). The number of nitrogens with zero attached hydrogens (tertiary/aromatic N) is 1. The number of para-hydroxylation sites is 1. The number of benzene rings is 2. The summed E-state index contributed by atoms with van der Waals surface area (Å²) in [4.78, 5) is 25.1. The molecular formula is C20H22F2N2O4. The van der Waals surface area contributed by atoms with Gasteiger partial charge in [-0.15, -0.1) is 0 Å². The number of ether oxygens (including phenoxy) is 1. The minimum absolute atomic E-state index is 0.139. The Morgan fingerprint density at radius 3 is 2.25 bits per heavy atom. The molecule has 3 N–H and O–H groups in total. The second-order valence-corrected chi connectivity index (χ2v) is 7.24. The van der Waals surface area contributed by atoms with Gasteiger partial charge in [0.25, 0.3) is 0 Å². The fourth-order valence-corrected chi connectivity index (χ4v) is 2.56. The van der Waals surface area contributed by atoms with Crippen LogP contribution >= 0.6 is 0 Å². The van der Waals surface area contributed by atoms with E-state index < -0.39 is 35.0 Å². The Balaban J connectivity index is 2.49. The van der Waals surface area contributed by atoms with E-state index in [4.69, 9.17) is 15.6 Å². The molecule has 8 heteroatoms. The largest absolute Gasteiger partial charge is 0.481 e. The molecule has 2 aromatic carbocycles. The predicted molar refractivity (Wildman–Crippen MR) is 101 cm³/mol. The molecule has 0 saturated carbocycles. The van der Waals surface area contributed by atoms with Crippen molar-refractivity contribution in [2.45, 2.75) is 39.3 Å². The number of carbonyl (C=O) groups is 2. The van der Waals surface area contributed by atoms with E-state index in [1.54, 1.807) is 45.0 Å². The van der Waals surface area contributed by atoms with Crippen molar-refractivity contribution in [3.05, 3.63) is 59.2 Å². The minimum Gasteiger partial charge on any atom is -0.481 e. The average molecular weight is 392 g/mol. The molecule has 0 bridgehead atoms. The Kier molecular flexibility index (Phi) is 6.23. The third kappa shape index (κ3) is 5.42. The molecule has 0 aromatic heterocycles. The monoisotopic (exact) mass is 392 g/mol. The lowest BCUT2D eigenvalue weighted by Crippen LogP contribution is -2.37. The van der Waals surface area contributed by atoms with Crippen LogP contribution in [-0.4, -0.2) is 22.8 Å². The van der Waals surface area contributed by atoms with Crippen LogP contribution in [0.5, 0.6) is 0 Å². The molecule has 1 amide bonds. The highest BCUT2D eigenvalue weighted by atomic mass is 19.1. The minimum atomic E-state index is -1.08. The summed E-state index contributed by atoms with van der Waals surface area (Å²) in [5, 5.41) is 9.14. The van der Waals surface area contributed by atoms with Crippen molar-refractivity contribution in [1.29, 1.82) is 0 Å². The van der Waals surface area contributed by atoms with Crippen LogP contribution in [0, 0.1) is 11.6 Å². The summed E-state index contributed by atoms with van der Waals surface area (Å²) >= 11 is 0. The number of carboxylic acid groups (broad SMARTS) is 1. The number of hydrogen-bond donors (Lipinski definition) is 2. The lowest BCUT2D eigenvalue weighted by Gasteiger charge is -2.29. The molecule has 150 valence electrons. The normalized spacial score (nSPS) is 11.2. The van der Waals surface area contributed by atoms with E-state index in [1.165, 1.54) is 0 Å². The Bertz CT molecular complexity index is 871. The molecule has 0 radical (unpaired) electrons. The molecule has 2 aromatic rings. The zero-order valence-electron chi connectivity index (χ0n) is 15.8. The number of anilines is 2. The van der Waals surface area contributed by atoms with Gasteiger partial charge in [0.1, 0.15) is 22.9 Å². The van der Waals surface area contributed by atoms with Gasteiger partial charge in [-0.1, -0.05) is 18.2 Å². The fourth-order valence-electron chi connectivity index (χ4n) is 2.56. The van der Waals surface area contributed by atoms with Crippen LogP contribution in [0.4, 0.5) is 25.0 Å². The van der Waals surface area contributed by atoms with E-state index >= 15 is 0 Å². The zero-order valence-corrected chi connectivity index (χ0v) is 15.8. The SMILES string of the molecule is CC(C)(C)OC(=O)N(Cc1cc(F)c(N)c(F)c1)c1ccccc1CC(=O)O. The number of carbonyl (C=O) groups excluding carboxylic acids is 1. The Morgan fingerprint density at radius 2 is 1.71 bits per heavy atom. The summed E-state index contributed by atoms with van der Waals surface area (Å²) in [7, 11) is 0. The van der Waals surface area contributed by atoms with E-state index in [9.17, 15) is 18.4 Å². The molecule has 0 aliphatic carbocycles. The number of nitrogens with two attached hydrogens (primary N) is 1. The summed E-state index contributed by atoms with van der Waals surface area (Å²) in [6.07, 6.45) is -1.11. The van der Waals surface area contributed by atoms with Crippen LogP contribution in [0.3, 0.4) is 0 Å². The van der Waals surface area contributed by atoms with Crippen molar-refractivity contribution in [2.24, 2.45) is 0 Å². The summed E-state index contributed by atoms with van der Waals surface area (Å²) < 4.78 is 33.1. The highest BCUT2D eigenvalue weighted by Gasteiger charge is 2.26. The number of nitrogen functional groups attached to an aromatic ring is 1. The number of rotatable bonds is 5. The van der Waals surface area contributed by atoms with Gasteiger partial charge in [-0.05, 0) is 50.1 Å². The first-order valence-corrected chi connectivity index (χ1v) is 8.51. The number of hydrogen-bond acceptors (Lipinski definition) is 4. The molecule has 0 aliphatic rings. The molecule has 6 nitrogen and oxygen atoms in total. The second-order valence-electron chi connectivity index (χ2n) is 7.24. The quantitative estimate of drug-likeness (QED) is 0.747. The van der Waals surface area contributed by atoms with Crippen molar-refractivity contribution >= 4 is 23.4 Å². The van der Waals surface area contributed by atoms with Crippen molar-refractivity contribution in [3.63, 3.8) is 0 Å². The number of amides is 1. The van der Waals surface area contributed by atoms with Gasteiger partial charge in [0.05, 0.1) is 18.7 Å². The van der Waals surface area contributed by atoms with Crippen LogP contribution in [0.15, 0.2) is 36.4 Å². The lowest BCUT2D eigenvalue weighted by molar-refractivity contribution is -0.136. The third-order valence-corrected chi connectivity index (χ3v) is 3.72. The Morgan fingerprint density at radius 1 is 1.14 bits per heavy atom. The summed E-state index contributed by atoms with van der Waals surface area (Å²) in [5.74, 6) is -2.97. The zero-order chi connectivity index (χ0) is 21.1. The molecule has 0 aliphatic heterocycles. The van der Waals surface area contributed by atoms with Crippen LogP contribution < -0.4 is 10.6 Å². The summed E-state index contributed by atoms with van der Waals surface area (Å²) in [5.41, 5.74) is 4.63. The summed E-state index contributed by atoms with van der Waals surface area (Å²) in [6, 6.07) is 8.42. The van der Waals surface area contributed by atoms with Gasteiger partial charge in [0.15, 0.2) is 0 Å². The first-order chi connectivity index (χ1) is 13.0. The lowest BCUT2D eigenvalue weighted by atomic mass is 10.1. The Labute approximate surface area is 161 Å². The van der Waals surface area contributed by atoms with Gasteiger partial charge < -0.3 is 15.6 Å². The van der Waals surface area contributed by atoms with Crippen molar-refractivity contribution < 1.29 is 28.2 Å². The van der Waals surface area contributed by atoms with E-state index in [1.807, 2.05) is 0 Å². The first kappa shape index (κ1) is 21.1. The fraction of sp³-hybridized carbons (Fsp3) is 0.300. The number of carboxylic acids is 1. The van der Waals surface area contributed by atoms with Gasteiger partial charge in [-0.2, -0.15) is 0 Å². The van der Waals surface area contributed by atoms with Gasteiger partial charge in [-0.25, -0.2) is 13.6 Å². The van der Waals surface area contributed by atoms with Crippen LogP contribution in [0.25, 0.3) is 0 Å². The van der Waals surface area contributed by atoms with Gasteiger partial charge in [0.2, 0.25) is 0 Å². The Hall–Kier alpha value is -3.16. The molecular weight excluding hydrogens is 370 g/mol. The van der Waals surface area contributed by atoms with E-state index in [-0.39, 0.29) is 24.2 Å². The average Bonchev–Trinajstić information content (AvgIpc) is 2.56. The highest BCUT2D eigenvalue weighted by Crippen LogP contribution is 2.27. The molecule has 0 spiro atoms. The van der Waals surface area contributed by atoms with Gasteiger partial charge >= 0.3 is 12.1 Å². The van der Waals surface area contributed by atoms with Crippen LogP contribution in [-0.2, 0) is 22.5 Å². The highest BCUT2D eigenvalue weighted by molar-refractivity contribution is 5.90. The first-order valence-electron chi connectivity index (χ1n) is 8.51. The maximum atomic E-state index is 13.8. The maximum Gasteiger partial charge on any atom is 0.415 e. The molecule has 0 atom stereocenters. The topological polar surface area (TPSA) is 92.9 Å². The molecule has 28 heavy (non-hydrogen) atoms. The van der Waals surface area contributed by atoms with Crippen molar-refractivity contribution in [1.82, 2.24) is 0 Å². The molecule has 0 fully saturated rings. The van der Waals surface area contributed by atoms with E-state index in [0.717, 1.165) is 17.0 Å². The number of aliphatic carboxylic acids is 1. The molecule has 0 heterocycles. The van der Waals surface area contributed by atoms with Gasteiger partial charge in [-0.3, -0.25) is 9.69 Å². The van der Waals surface area contributed by atoms with Crippen molar-refractivity contribution in [2.75, 3.05) is 10.6 Å². The number of halogens is 2. The predicted octanol–water partition coefficient (Wildman–Crippen LogP) is 4.12. The van der Waals surface area contributed by atoms with Gasteiger partial charge in [0, 0.05) is 0 Å². The molecule has 0 saturated heterocycles. The smallest absolute Gasteiger partial charge is 0.415 e.